The van der Waals surface area contributed by atoms with Crippen molar-refractivity contribution in [3.63, 3.8) is 0 Å². The lowest BCUT2D eigenvalue weighted by molar-refractivity contribution is -0.123. The highest BCUT2D eigenvalue weighted by Gasteiger charge is 2.20. The van der Waals surface area contributed by atoms with Gasteiger partial charge in [0, 0.05) is 6.42 Å². The van der Waals surface area contributed by atoms with E-state index in [2.05, 4.69) is 19.2 Å². The summed E-state index contributed by atoms with van der Waals surface area (Å²) in [6.45, 7) is 4.42. The number of unbranched alkanes of at least 4 members (excludes halogenated alkanes) is 58. The van der Waals surface area contributed by atoms with Crippen LogP contribution in [0.5, 0.6) is 0 Å². The molecule has 3 N–H and O–H groups in total. The average molecular weight is 1020 g/mol. The maximum atomic E-state index is 12.5. The van der Waals surface area contributed by atoms with E-state index in [1.165, 1.54) is 360 Å². The van der Waals surface area contributed by atoms with Crippen LogP contribution in [0, 0.1) is 0 Å². The first-order valence-electron chi connectivity index (χ1n) is 34.2. The molecule has 0 saturated heterocycles. The van der Waals surface area contributed by atoms with E-state index >= 15 is 0 Å². The van der Waals surface area contributed by atoms with Crippen molar-refractivity contribution in [2.24, 2.45) is 0 Å². The second-order valence-corrected chi connectivity index (χ2v) is 24.0. The Kier molecular flexibility index (Phi) is 64.1. The third-order valence-corrected chi connectivity index (χ3v) is 16.6. The molecule has 0 heterocycles. The van der Waals surface area contributed by atoms with E-state index in [0.29, 0.717) is 12.8 Å². The third-order valence-electron chi connectivity index (χ3n) is 16.6. The van der Waals surface area contributed by atoms with Crippen LogP contribution in [-0.4, -0.2) is 34.9 Å². The molecule has 432 valence electrons. The second kappa shape index (κ2) is 64.7. The summed E-state index contributed by atoms with van der Waals surface area (Å²) in [5.74, 6) is -0.0198. The minimum absolute atomic E-state index is 0.0198. The van der Waals surface area contributed by atoms with Crippen molar-refractivity contribution in [2.45, 2.75) is 424 Å². The van der Waals surface area contributed by atoms with Crippen LogP contribution in [0.4, 0.5) is 0 Å². The Morgan fingerprint density at radius 3 is 0.625 bits per heavy atom. The Morgan fingerprint density at radius 1 is 0.278 bits per heavy atom. The molecular formula is C68H137NO3. The van der Waals surface area contributed by atoms with Crippen LogP contribution < -0.4 is 5.32 Å². The van der Waals surface area contributed by atoms with E-state index in [9.17, 15) is 15.0 Å². The predicted octanol–water partition coefficient (Wildman–Crippen LogP) is 23.1. The van der Waals surface area contributed by atoms with Gasteiger partial charge in [-0.3, -0.25) is 4.79 Å². The first kappa shape index (κ1) is 71.4. The van der Waals surface area contributed by atoms with Gasteiger partial charge in [-0.1, -0.05) is 393 Å². The minimum Gasteiger partial charge on any atom is -0.394 e. The molecule has 0 spiro atoms. The maximum absolute atomic E-state index is 12.5. The molecule has 0 aromatic heterocycles. The first-order chi connectivity index (χ1) is 35.7. The van der Waals surface area contributed by atoms with E-state index < -0.39 is 12.1 Å². The zero-order chi connectivity index (χ0) is 52.0. The molecule has 0 aliphatic rings. The Morgan fingerprint density at radius 2 is 0.444 bits per heavy atom. The summed E-state index contributed by atoms with van der Waals surface area (Å²) in [7, 11) is 0. The number of hydrogen-bond donors (Lipinski definition) is 3. The first-order valence-corrected chi connectivity index (χ1v) is 34.2. The van der Waals surface area contributed by atoms with Crippen molar-refractivity contribution in [1.82, 2.24) is 5.32 Å². The number of aliphatic hydroxyl groups excluding tert-OH is 2. The van der Waals surface area contributed by atoms with Crippen molar-refractivity contribution < 1.29 is 15.0 Å². The molecule has 0 fully saturated rings. The van der Waals surface area contributed by atoms with Gasteiger partial charge in [-0.2, -0.15) is 0 Å². The lowest BCUT2D eigenvalue weighted by atomic mass is 10.0. The summed E-state index contributed by atoms with van der Waals surface area (Å²) in [6.07, 6.45) is 84.5. The molecule has 0 rings (SSSR count). The van der Waals surface area contributed by atoms with Crippen LogP contribution in [0.15, 0.2) is 0 Å². The standard InChI is InChI=1S/C68H137NO3/c1-3-5-7-9-11-13-15-17-19-21-23-25-27-28-29-30-31-32-33-34-35-36-37-38-39-40-41-42-44-46-48-50-52-54-56-58-60-62-64-68(72)69-66(65-70)67(71)63-61-59-57-55-53-51-49-47-45-43-26-24-22-20-18-16-14-12-10-8-6-4-2/h66-67,70-71H,3-65H2,1-2H3,(H,69,72). The zero-order valence-corrected chi connectivity index (χ0v) is 50.0. The van der Waals surface area contributed by atoms with Gasteiger partial charge in [0.05, 0.1) is 18.8 Å². The maximum Gasteiger partial charge on any atom is 0.220 e. The van der Waals surface area contributed by atoms with Crippen LogP contribution in [0.3, 0.4) is 0 Å². The average Bonchev–Trinajstić information content (AvgIpc) is 3.39. The summed E-state index contributed by atoms with van der Waals surface area (Å²) < 4.78 is 0. The second-order valence-electron chi connectivity index (χ2n) is 24.0. The largest absolute Gasteiger partial charge is 0.394 e. The molecule has 0 radical (unpaired) electrons. The Labute approximate surface area is 454 Å². The summed E-state index contributed by atoms with van der Waals surface area (Å²) >= 11 is 0. The molecule has 1 amide bonds. The number of hydrogen-bond acceptors (Lipinski definition) is 3. The molecule has 0 aromatic rings. The van der Waals surface area contributed by atoms with Crippen LogP contribution in [0.2, 0.25) is 0 Å². The van der Waals surface area contributed by atoms with Crippen LogP contribution in [0.1, 0.15) is 412 Å². The number of rotatable bonds is 65. The molecule has 4 heteroatoms. The van der Waals surface area contributed by atoms with Gasteiger partial charge in [0.2, 0.25) is 5.91 Å². The SMILES string of the molecule is CCCCCCCCCCCCCCCCCCCCCCCCCCCCCCCCCCCCCCCCC(=O)NC(CO)C(O)CCCCCCCCCCCCCCCCCCCCCCCC. The molecular weight excluding hydrogens is 879 g/mol. The van der Waals surface area contributed by atoms with Gasteiger partial charge in [0.1, 0.15) is 0 Å². The van der Waals surface area contributed by atoms with Gasteiger partial charge in [-0.25, -0.2) is 0 Å². The highest BCUT2D eigenvalue weighted by atomic mass is 16.3. The molecule has 2 unspecified atom stereocenters. The number of carbonyl (C=O) groups is 1. The fourth-order valence-electron chi connectivity index (χ4n) is 11.4. The Hall–Kier alpha value is -0.610. The summed E-state index contributed by atoms with van der Waals surface area (Å²) in [6, 6.07) is -0.532. The number of carbonyl (C=O) groups excluding carboxylic acids is 1. The monoisotopic (exact) mass is 1020 g/mol. The van der Waals surface area contributed by atoms with Crippen molar-refractivity contribution >= 4 is 5.91 Å². The number of amides is 1. The summed E-state index contributed by atoms with van der Waals surface area (Å²) in [5, 5.41) is 23.4. The van der Waals surface area contributed by atoms with Crippen molar-refractivity contribution in [1.29, 1.82) is 0 Å². The molecule has 4 nitrogen and oxygen atoms in total. The molecule has 0 aliphatic heterocycles. The zero-order valence-electron chi connectivity index (χ0n) is 50.0. The van der Waals surface area contributed by atoms with E-state index in [1.54, 1.807) is 0 Å². The van der Waals surface area contributed by atoms with E-state index in [4.69, 9.17) is 0 Å². The summed E-state index contributed by atoms with van der Waals surface area (Å²) in [5.41, 5.74) is 0. The quantitative estimate of drug-likeness (QED) is 0.0532. The normalized spacial score (nSPS) is 12.6. The lowest BCUT2D eigenvalue weighted by Crippen LogP contribution is -2.45. The van der Waals surface area contributed by atoms with Gasteiger partial charge in [-0.05, 0) is 12.8 Å². The Balaban J connectivity index is 3.33. The van der Waals surface area contributed by atoms with Crippen molar-refractivity contribution in [2.75, 3.05) is 6.61 Å². The van der Waals surface area contributed by atoms with Crippen molar-refractivity contribution in [3.8, 4) is 0 Å². The number of nitrogens with one attached hydrogen (secondary N) is 1. The highest BCUT2D eigenvalue weighted by Crippen LogP contribution is 2.20. The van der Waals surface area contributed by atoms with Crippen LogP contribution in [0.25, 0.3) is 0 Å². The van der Waals surface area contributed by atoms with Gasteiger partial charge >= 0.3 is 0 Å². The molecule has 0 aromatic carbocycles. The molecule has 72 heavy (non-hydrogen) atoms. The number of aliphatic hydroxyl groups is 2. The molecule has 0 aliphatic carbocycles. The van der Waals surface area contributed by atoms with Gasteiger partial charge in [0.15, 0.2) is 0 Å². The molecule has 0 bridgehead atoms. The van der Waals surface area contributed by atoms with Gasteiger partial charge in [0.25, 0.3) is 0 Å². The molecule has 0 saturated carbocycles. The van der Waals surface area contributed by atoms with E-state index in [-0.39, 0.29) is 12.5 Å². The van der Waals surface area contributed by atoms with Crippen molar-refractivity contribution in [3.05, 3.63) is 0 Å². The van der Waals surface area contributed by atoms with E-state index in [0.717, 1.165) is 25.7 Å². The fraction of sp³-hybridized carbons (Fsp3) is 0.985. The van der Waals surface area contributed by atoms with Crippen LogP contribution >= 0.6 is 0 Å². The minimum atomic E-state index is -0.656. The predicted molar refractivity (Wildman–Crippen MR) is 323 cm³/mol. The topological polar surface area (TPSA) is 69.6 Å². The van der Waals surface area contributed by atoms with Gasteiger partial charge < -0.3 is 15.5 Å². The smallest absolute Gasteiger partial charge is 0.220 e. The third kappa shape index (κ3) is 60.3. The molecule has 2 atom stereocenters. The van der Waals surface area contributed by atoms with Gasteiger partial charge in [-0.15, -0.1) is 0 Å². The Bertz CT molecular complexity index is 971. The van der Waals surface area contributed by atoms with E-state index in [1.807, 2.05) is 0 Å². The highest BCUT2D eigenvalue weighted by molar-refractivity contribution is 5.76. The fourth-order valence-corrected chi connectivity index (χ4v) is 11.4. The lowest BCUT2D eigenvalue weighted by Gasteiger charge is -2.22. The van der Waals surface area contributed by atoms with Crippen LogP contribution in [-0.2, 0) is 4.79 Å². The summed E-state index contributed by atoms with van der Waals surface area (Å²) in [4.78, 5) is 12.5.